The van der Waals surface area contributed by atoms with Crippen LogP contribution in [0.15, 0.2) is 23.8 Å². The van der Waals surface area contributed by atoms with Gasteiger partial charge in [0.2, 0.25) is 0 Å². The molecule has 16 heavy (non-hydrogen) atoms. The van der Waals surface area contributed by atoms with Gasteiger partial charge in [-0.15, -0.1) is 11.3 Å². The lowest BCUT2D eigenvalue weighted by Crippen LogP contribution is -2.15. The molecule has 0 saturated heterocycles. The zero-order chi connectivity index (χ0) is 12.0. The number of rotatable bonds is 6. The minimum absolute atomic E-state index is 0.617. The van der Waals surface area contributed by atoms with Gasteiger partial charge in [0.25, 0.3) is 0 Å². The van der Waals surface area contributed by atoms with Crippen LogP contribution < -0.4 is 5.32 Å². The lowest BCUT2D eigenvalue weighted by Gasteiger charge is -2.02. The quantitative estimate of drug-likeness (QED) is 0.750. The summed E-state index contributed by atoms with van der Waals surface area (Å²) in [5.74, 6) is -0.885. The van der Waals surface area contributed by atoms with Crippen molar-refractivity contribution in [2.45, 2.75) is 26.8 Å². The fourth-order valence-corrected chi connectivity index (χ4v) is 2.28. The van der Waals surface area contributed by atoms with Gasteiger partial charge in [0.1, 0.15) is 0 Å². The van der Waals surface area contributed by atoms with Crippen molar-refractivity contribution in [1.82, 2.24) is 5.32 Å². The minimum Gasteiger partial charge on any atom is -0.478 e. The second-order valence-corrected chi connectivity index (χ2v) is 4.91. The van der Waals surface area contributed by atoms with Gasteiger partial charge in [0, 0.05) is 28.9 Å². The van der Waals surface area contributed by atoms with Crippen molar-refractivity contribution < 1.29 is 9.90 Å². The van der Waals surface area contributed by atoms with Gasteiger partial charge in [0.05, 0.1) is 0 Å². The number of nitrogens with one attached hydrogen (secondary N) is 1. The van der Waals surface area contributed by atoms with Crippen LogP contribution in [0.5, 0.6) is 0 Å². The molecule has 4 heteroatoms. The number of hydrogen-bond acceptors (Lipinski definition) is 3. The predicted octanol–water partition coefficient (Wildman–Crippen LogP) is 2.43. The molecule has 2 N–H and O–H groups in total. The van der Waals surface area contributed by atoms with Crippen molar-refractivity contribution in [2.75, 3.05) is 6.54 Å². The molecule has 0 aliphatic rings. The standard InChI is InChI=1S/C12H17NO2S/c1-3-10-4-5-11(16-10)8-13-7-9(2)6-12(14)15/h4-6,13H,3,7-8H2,1-2H3,(H,14,15)/b9-6+. The molecule has 1 aromatic rings. The molecular weight excluding hydrogens is 222 g/mol. The van der Waals surface area contributed by atoms with Crippen LogP contribution >= 0.6 is 11.3 Å². The van der Waals surface area contributed by atoms with E-state index >= 15 is 0 Å². The summed E-state index contributed by atoms with van der Waals surface area (Å²) in [5.41, 5.74) is 0.833. The Morgan fingerprint density at radius 2 is 2.19 bits per heavy atom. The van der Waals surface area contributed by atoms with E-state index in [1.807, 2.05) is 6.92 Å². The molecule has 0 fully saturated rings. The number of carboxylic acids is 1. The molecule has 1 heterocycles. The van der Waals surface area contributed by atoms with E-state index in [-0.39, 0.29) is 0 Å². The van der Waals surface area contributed by atoms with Crippen molar-refractivity contribution in [2.24, 2.45) is 0 Å². The molecule has 1 rings (SSSR count). The number of aryl methyl sites for hydroxylation is 1. The van der Waals surface area contributed by atoms with Gasteiger partial charge in [-0.1, -0.05) is 12.5 Å². The highest BCUT2D eigenvalue weighted by molar-refractivity contribution is 7.11. The third-order valence-electron chi connectivity index (χ3n) is 2.14. The van der Waals surface area contributed by atoms with Crippen LogP contribution in [0.3, 0.4) is 0 Å². The summed E-state index contributed by atoms with van der Waals surface area (Å²) in [4.78, 5) is 13.1. The Kier molecular flexibility index (Phi) is 5.22. The smallest absolute Gasteiger partial charge is 0.328 e. The van der Waals surface area contributed by atoms with Gasteiger partial charge in [-0.2, -0.15) is 0 Å². The Morgan fingerprint density at radius 3 is 2.75 bits per heavy atom. The maximum Gasteiger partial charge on any atom is 0.328 e. The number of hydrogen-bond donors (Lipinski definition) is 2. The maximum atomic E-state index is 10.4. The Morgan fingerprint density at radius 1 is 1.50 bits per heavy atom. The lowest BCUT2D eigenvalue weighted by molar-refractivity contribution is -0.131. The lowest BCUT2D eigenvalue weighted by atomic mass is 10.3. The molecule has 0 atom stereocenters. The van der Waals surface area contributed by atoms with Gasteiger partial charge in [-0.05, 0) is 25.5 Å². The van der Waals surface area contributed by atoms with Crippen LogP contribution in [-0.4, -0.2) is 17.6 Å². The average Bonchev–Trinajstić information content (AvgIpc) is 2.64. The highest BCUT2D eigenvalue weighted by atomic mass is 32.1. The van der Waals surface area contributed by atoms with Crippen molar-refractivity contribution >= 4 is 17.3 Å². The molecule has 0 spiro atoms. The van der Waals surface area contributed by atoms with Gasteiger partial charge >= 0.3 is 5.97 Å². The van der Waals surface area contributed by atoms with Gasteiger partial charge in [0.15, 0.2) is 0 Å². The highest BCUT2D eigenvalue weighted by Gasteiger charge is 1.99. The summed E-state index contributed by atoms with van der Waals surface area (Å²) in [6, 6.07) is 4.26. The second kappa shape index (κ2) is 6.45. The van der Waals surface area contributed by atoms with Crippen LogP contribution in [0.4, 0.5) is 0 Å². The van der Waals surface area contributed by atoms with E-state index in [0.29, 0.717) is 6.54 Å². The first kappa shape index (κ1) is 12.9. The third-order valence-corrected chi connectivity index (χ3v) is 3.37. The van der Waals surface area contributed by atoms with Crippen molar-refractivity contribution in [3.63, 3.8) is 0 Å². The van der Waals surface area contributed by atoms with Gasteiger partial charge < -0.3 is 10.4 Å². The van der Waals surface area contributed by atoms with E-state index in [2.05, 4.69) is 24.4 Å². The first-order valence-corrected chi connectivity index (χ1v) is 6.12. The number of aliphatic carboxylic acids is 1. The molecule has 0 aliphatic heterocycles. The molecule has 1 aromatic heterocycles. The van der Waals surface area contributed by atoms with Crippen LogP contribution in [0.2, 0.25) is 0 Å². The monoisotopic (exact) mass is 239 g/mol. The molecular formula is C12H17NO2S. The largest absolute Gasteiger partial charge is 0.478 e. The topological polar surface area (TPSA) is 49.3 Å². The van der Waals surface area contributed by atoms with E-state index in [9.17, 15) is 4.79 Å². The number of carbonyl (C=O) groups is 1. The summed E-state index contributed by atoms with van der Waals surface area (Å²) in [6.07, 6.45) is 2.31. The number of thiophene rings is 1. The van der Waals surface area contributed by atoms with Crippen molar-refractivity contribution in [3.8, 4) is 0 Å². The fourth-order valence-electron chi connectivity index (χ4n) is 1.35. The zero-order valence-corrected chi connectivity index (χ0v) is 10.4. The minimum atomic E-state index is -0.885. The van der Waals surface area contributed by atoms with Crippen molar-refractivity contribution in [3.05, 3.63) is 33.5 Å². The van der Waals surface area contributed by atoms with E-state index in [1.165, 1.54) is 15.8 Å². The average molecular weight is 239 g/mol. The first-order chi connectivity index (χ1) is 7.61. The van der Waals surface area contributed by atoms with E-state index in [1.54, 1.807) is 11.3 Å². The second-order valence-electron chi connectivity index (χ2n) is 3.65. The molecule has 3 nitrogen and oxygen atoms in total. The fraction of sp³-hybridized carbons (Fsp3) is 0.417. The molecule has 0 radical (unpaired) electrons. The molecule has 0 aromatic carbocycles. The Bertz CT molecular complexity index is 382. The first-order valence-electron chi connectivity index (χ1n) is 5.30. The molecule has 0 unspecified atom stereocenters. The molecule has 0 aliphatic carbocycles. The highest BCUT2D eigenvalue weighted by Crippen LogP contribution is 2.16. The Labute approximate surface area is 99.8 Å². The van der Waals surface area contributed by atoms with E-state index in [4.69, 9.17) is 5.11 Å². The number of carboxylic acid groups (broad SMARTS) is 1. The zero-order valence-electron chi connectivity index (χ0n) is 9.62. The van der Waals surface area contributed by atoms with Crippen LogP contribution in [-0.2, 0) is 17.8 Å². The van der Waals surface area contributed by atoms with Crippen molar-refractivity contribution in [1.29, 1.82) is 0 Å². The van der Waals surface area contributed by atoms with E-state index < -0.39 is 5.97 Å². The maximum absolute atomic E-state index is 10.4. The summed E-state index contributed by atoms with van der Waals surface area (Å²) in [6.45, 7) is 5.37. The van der Waals surface area contributed by atoms with Gasteiger partial charge in [-0.25, -0.2) is 4.79 Å². The van der Waals surface area contributed by atoms with Crippen LogP contribution in [0.25, 0.3) is 0 Å². The molecule has 0 saturated carbocycles. The molecule has 0 amide bonds. The molecule has 0 bridgehead atoms. The third kappa shape index (κ3) is 4.59. The summed E-state index contributed by atoms with van der Waals surface area (Å²) >= 11 is 1.80. The molecule has 88 valence electrons. The van der Waals surface area contributed by atoms with Crippen LogP contribution in [0.1, 0.15) is 23.6 Å². The van der Waals surface area contributed by atoms with Crippen LogP contribution in [0, 0.1) is 0 Å². The Hall–Kier alpha value is -1.13. The van der Waals surface area contributed by atoms with Gasteiger partial charge in [-0.3, -0.25) is 0 Å². The summed E-state index contributed by atoms with van der Waals surface area (Å²) in [7, 11) is 0. The summed E-state index contributed by atoms with van der Waals surface area (Å²) in [5, 5.41) is 11.8. The van der Waals surface area contributed by atoms with E-state index in [0.717, 1.165) is 18.5 Å². The normalized spacial score (nSPS) is 11.8. The predicted molar refractivity (Wildman–Crippen MR) is 66.8 cm³/mol. The Balaban J connectivity index is 2.33. The summed E-state index contributed by atoms with van der Waals surface area (Å²) < 4.78 is 0. The SMILES string of the molecule is CCc1ccc(CNC/C(C)=C/C(=O)O)s1.